The van der Waals surface area contributed by atoms with Crippen molar-refractivity contribution in [2.24, 2.45) is 13.0 Å². The van der Waals surface area contributed by atoms with Gasteiger partial charge >= 0.3 is 5.97 Å². The largest absolute Gasteiger partial charge is 0.466 e. The number of nitrogens with one attached hydrogen (secondary N) is 1. The average Bonchev–Trinajstić information content (AvgIpc) is 2.73. The zero-order chi connectivity index (χ0) is 14.7. The molecule has 2 aromatic rings. The molecule has 0 aliphatic rings. The predicted molar refractivity (Wildman–Crippen MR) is 75.7 cm³/mol. The van der Waals surface area contributed by atoms with Gasteiger partial charge in [-0.2, -0.15) is 0 Å². The van der Waals surface area contributed by atoms with Crippen molar-refractivity contribution in [2.45, 2.75) is 18.9 Å². The van der Waals surface area contributed by atoms with Gasteiger partial charge in [-0.1, -0.05) is 6.92 Å². The van der Waals surface area contributed by atoms with Gasteiger partial charge in [0.05, 0.1) is 12.5 Å². The van der Waals surface area contributed by atoms with Crippen molar-refractivity contribution in [2.75, 3.05) is 12.4 Å². The van der Waals surface area contributed by atoms with Crippen molar-refractivity contribution in [3.63, 3.8) is 0 Å². The van der Waals surface area contributed by atoms with Crippen LogP contribution in [-0.4, -0.2) is 38.1 Å². The number of aromatic nitrogens is 4. The van der Waals surface area contributed by atoms with E-state index >= 15 is 0 Å². The maximum atomic E-state index is 11.8. The highest BCUT2D eigenvalue weighted by Crippen LogP contribution is 2.23. The summed E-state index contributed by atoms with van der Waals surface area (Å²) in [5.74, 6) is 0.0641. The third-order valence-electron chi connectivity index (χ3n) is 2.76. The number of thioether (sulfide) groups is 1. The van der Waals surface area contributed by atoms with Crippen molar-refractivity contribution < 1.29 is 9.53 Å². The summed E-state index contributed by atoms with van der Waals surface area (Å²) < 4.78 is 6.32. The standard InChI is InChI=1S/C12H16N4O3S/c1-4-19-12(18)7(2)5-20-10-8-9(13-6-14-10)11(17)16(3)15-8/h6-7,15H,4-5H2,1-3H3. The highest BCUT2D eigenvalue weighted by Gasteiger charge is 2.17. The third-order valence-corrected chi connectivity index (χ3v) is 4.01. The normalized spacial score (nSPS) is 12.6. The van der Waals surface area contributed by atoms with Crippen LogP contribution in [0.2, 0.25) is 0 Å². The molecule has 1 N–H and O–H groups in total. The van der Waals surface area contributed by atoms with Crippen LogP contribution in [0, 0.1) is 5.92 Å². The summed E-state index contributed by atoms with van der Waals surface area (Å²) in [6.07, 6.45) is 1.36. The molecule has 0 radical (unpaired) electrons. The van der Waals surface area contributed by atoms with E-state index in [4.69, 9.17) is 4.74 Å². The van der Waals surface area contributed by atoms with Crippen molar-refractivity contribution in [3.05, 3.63) is 16.7 Å². The number of hydrogen-bond donors (Lipinski definition) is 1. The van der Waals surface area contributed by atoms with Crippen molar-refractivity contribution in [3.8, 4) is 0 Å². The van der Waals surface area contributed by atoms with E-state index in [0.29, 0.717) is 28.4 Å². The SMILES string of the molecule is CCOC(=O)C(C)CSc1ncnc2c(=O)n(C)[nH]c12. The van der Waals surface area contributed by atoms with Gasteiger partial charge in [-0.3, -0.25) is 19.4 Å². The Kier molecular flexibility index (Phi) is 4.43. The summed E-state index contributed by atoms with van der Waals surface area (Å²) in [6.45, 7) is 3.95. The Balaban J connectivity index is 2.16. The van der Waals surface area contributed by atoms with Crippen molar-refractivity contribution in [1.29, 1.82) is 0 Å². The molecule has 0 amide bonds. The third kappa shape index (κ3) is 2.84. The molecule has 1 unspecified atom stereocenters. The summed E-state index contributed by atoms with van der Waals surface area (Å²) in [5.41, 5.74) is 0.762. The number of H-pyrrole nitrogens is 1. The maximum Gasteiger partial charge on any atom is 0.309 e. The molecule has 2 aromatic heterocycles. The Morgan fingerprint density at radius 2 is 2.30 bits per heavy atom. The maximum absolute atomic E-state index is 11.8. The minimum Gasteiger partial charge on any atom is -0.466 e. The van der Waals surface area contributed by atoms with E-state index < -0.39 is 0 Å². The van der Waals surface area contributed by atoms with Crippen LogP contribution in [0.4, 0.5) is 0 Å². The number of esters is 1. The topological polar surface area (TPSA) is 89.9 Å². The van der Waals surface area contributed by atoms with E-state index in [0.717, 1.165) is 0 Å². The molecule has 0 aliphatic heterocycles. The van der Waals surface area contributed by atoms with Gasteiger partial charge < -0.3 is 4.74 Å². The number of rotatable bonds is 5. The van der Waals surface area contributed by atoms with Gasteiger partial charge in [-0.05, 0) is 6.92 Å². The number of ether oxygens (including phenoxy) is 1. The van der Waals surface area contributed by atoms with Gasteiger partial charge in [0.25, 0.3) is 5.56 Å². The number of aryl methyl sites for hydroxylation is 1. The van der Waals surface area contributed by atoms with Crippen LogP contribution in [-0.2, 0) is 16.6 Å². The number of aromatic amines is 1. The average molecular weight is 296 g/mol. The minimum absolute atomic E-state index is 0.192. The fourth-order valence-electron chi connectivity index (χ4n) is 1.68. The highest BCUT2D eigenvalue weighted by molar-refractivity contribution is 7.99. The second-order valence-corrected chi connectivity index (χ2v) is 5.35. The minimum atomic E-state index is -0.236. The Bertz CT molecular complexity index is 679. The fraction of sp³-hybridized carbons (Fsp3) is 0.500. The van der Waals surface area contributed by atoms with Gasteiger partial charge in [0.15, 0.2) is 5.52 Å². The molecule has 0 saturated carbocycles. The number of nitrogens with zero attached hydrogens (tertiary/aromatic N) is 3. The summed E-state index contributed by atoms with van der Waals surface area (Å²) in [5, 5.41) is 3.57. The smallest absolute Gasteiger partial charge is 0.309 e. The van der Waals surface area contributed by atoms with Crippen LogP contribution in [0.5, 0.6) is 0 Å². The molecular formula is C12H16N4O3S. The molecule has 7 nitrogen and oxygen atoms in total. The lowest BCUT2D eigenvalue weighted by atomic mass is 10.2. The van der Waals surface area contributed by atoms with Crippen molar-refractivity contribution in [1.82, 2.24) is 19.7 Å². The van der Waals surface area contributed by atoms with E-state index in [1.165, 1.54) is 22.8 Å². The highest BCUT2D eigenvalue weighted by atomic mass is 32.2. The van der Waals surface area contributed by atoms with E-state index in [-0.39, 0.29) is 17.4 Å². The zero-order valence-electron chi connectivity index (χ0n) is 11.5. The first-order valence-electron chi connectivity index (χ1n) is 6.23. The van der Waals surface area contributed by atoms with Crippen LogP contribution >= 0.6 is 11.8 Å². The zero-order valence-corrected chi connectivity index (χ0v) is 12.4. The Morgan fingerprint density at radius 1 is 1.55 bits per heavy atom. The second kappa shape index (κ2) is 6.08. The van der Waals surface area contributed by atoms with Gasteiger partial charge in [-0.25, -0.2) is 9.97 Å². The summed E-state index contributed by atoms with van der Waals surface area (Å²) in [7, 11) is 1.62. The van der Waals surface area contributed by atoms with Crippen LogP contribution in [0.25, 0.3) is 11.0 Å². The number of carbonyl (C=O) groups excluding carboxylic acids is 1. The van der Waals surface area contributed by atoms with Gasteiger partial charge in [0.1, 0.15) is 16.9 Å². The molecular weight excluding hydrogens is 280 g/mol. The number of fused-ring (bicyclic) bond motifs is 1. The molecule has 0 aromatic carbocycles. The van der Waals surface area contributed by atoms with Crippen LogP contribution in [0.1, 0.15) is 13.8 Å². The lowest BCUT2D eigenvalue weighted by Gasteiger charge is -2.09. The molecule has 0 bridgehead atoms. The molecule has 0 spiro atoms. The first-order valence-corrected chi connectivity index (χ1v) is 7.22. The van der Waals surface area contributed by atoms with E-state index in [1.807, 2.05) is 0 Å². The van der Waals surface area contributed by atoms with E-state index in [2.05, 4.69) is 15.1 Å². The molecule has 108 valence electrons. The van der Waals surface area contributed by atoms with Crippen LogP contribution in [0.3, 0.4) is 0 Å². The van der Waals surface area contributed by atoms with E-state index in [9.17, 15) is 9.59 Å². The molecule has 2 rings (SSSR count). The van der Waals surface area contributed by atoms with Gasteiger partial charge in [-0.15, -0.1) is 11.8 Å². The first kappa shape index (κ1) is 14.6. The Morgan fingerprint density at radius 3 is 3.00 bits per heavy atom. The lowest BCUT2D eigenvalue weighted by molar-refractivity contribution is -0.146. The Labute approximate surface area is 119 Å². The molecule has 0 fully saturated rings. The predicted octanol–water partition coefficient (Wildman–Crippen LogP) is 0.948. The number of carbonyl (C=O) groups is 1. The summed E-state index contributed by atoms with van der Waals surface area (Å²) in [4.78, 5) is 31.5. The van der Waals surface area contributed by atoms with Crippen LogP contribution in [0.15, 0.2) is 16.1 Å². The van der Waals surface area contributed by atoms with Crippen LogP contribution < -0.4 is 5.56 Å². The molecule has 0 saturated heterocycles. The lowest BCUT2D eigenvalue weighted by Crippen LogP contribution is -2.16. The molecule has 0 aliphatic carbocycles. The molecule has 20 heavy (non-hydrogen) atoms. The second-order valence-electron chi connectivity index (χ2n) is 4.34. The molecule has 1 atom stereocenters. The van der Waals surface area contributed by atoms with Crippen molar-refractivity contribution >= 4 is 28.8 Å². The quantitative estimate of drug-likeness (QED) is 0.502. The van der Waals surface area contributed by atoms with Gasteiger partial charge in [0, 0.05) is 12.8 Å². The fourth-order valence-corrected chi connectivity index (χ4v) is 2.63. The molecule has 8 heteroatoms. The number of hydrogen-bond acceptors (Lipinski definition) is 6. The monoisotopic (exact) mass is 296 g/mol. The van der Waals surface area contributed by atoms with E-state index in [1.54, 1.807) is 20.9 Å². The summed E-state index contributed by atoms with van der Waals surface area (Å²) in [6, 6.07) is 0. The summed E-state index contributed by atoms with van der Waals surface area (Å²) >= 11 is 1.40. The first-order chi connectivity index (χ1) is 9.54. The van der Waals surface area contributed by atoms with Gasteiger partial charge in [0.2, 0.25) is 0 Å². The molecule has 2 heterocycles. The Hall–Kier alpha value is -1.83.